The molecule has 0 aromatic carbocycles. The Bertz CT molecular complexity index is 90.6. The third-order valence-corrected chi connectivity index (χ3v) is 2.90. The lowest BCUT2D eigenvalue weighted by molar-refractivity contribution is -0.118. The fraction of sp³-hybridized carbons (Fsp3) is 0.750. The highest BCUT2D eigenvalue weighted by Gasteiger charge is 1.96. The minimum absolute atomic E-state index is 0.131. The van der Waals surface area contributed by atoms with Gasteiger partial charge in [-0.2, -0.15) is 0 Å². The number of carbonyl (C=O) groups is 1. The van der Waals surface area contributed by atoms with Crippen LogP contribution in [0, 0.1) is 0 Å². The molecule has 0 heterocycles. The van der Waals surface area contributed by atoms with Gasteiger partial charge in [0.05, 0.1) is 10.3 Å². The molecule has 0 aliphatic heterocycles. The molecule has 0 unspecified atom stereocenters. The molecule has 0 atom stereocenters. The van der Waals surface area contributed by atoms with Gasteiger partial charge in [0.25, 0.3) is 0 Å². The zero-order chi connectivity index (χ0) is 7.11. The predicted molar refractivity (Wildman–Crippen MR) is 58.4 cm³/mol. The number of carbonyl (C=O) groups excluding carboxylic acids is 1. The van der Waals surface area contributed by atoms with Gasteiger partial charge in [-0.15, -0.1) is 11.8 Å². The van der Waals surface area contributed by atoms with Crippen LogP contribution in [-0.4, -0.2) is 20.0 Å². The van der Waals surface area contributed by atoms with Crippen molar-refractivity contribution in [1.29, 1.82) is 0 Å². The summed E-state index contributed by atoms with van der Waals surface area (Å²) in [7, 11) is 0. The summed E-state index contributed by atoms with van der Waals surface area (Å²) in [5, 5.41) is 2.70. The first-order chi connectivity index (χ1) is 4.31. The van der Waals surface area contributed by atoms with Gasteiger partial charge in [0.2, 0.25) is 5.91 Å². The monoisotopic (exact) mass is 371 g/mol. The SMILES string of the molecule is O=C(CSCI)NCI. The molecule has 0 fully saturated rings. The fourth-order valence-corrected chi connectivity index (χ4v) is 1.71. The lowest BCUT2D eigenvalue weighted by Crippen LogP contribution is -2.23. The molecule has 0 aliphatic rings. The summed E-state index contributed by atoms with van der Waals surface area (Å²) in [6.07, 6.45) is 0. The Hall–Kier alpha value is 1.28. The summed E-state index contributed by atoms with van der Waals surface area (Å²) in [5.74, 6) is 0.720. The number of hydrogen-bond donors (Lipinski definition) is 1. The van der Waals surface area contributed by atoms with Gasteiger partial charge in [-0.25, -0.2) is 0 Å². The number of halogens is 2. The number of nitrogens with one attached hydrogen (secondary N) is 1. The van der Waals surface area contributed by atoms with Gasteiger partial charge in [-0.05, 0) is 0 Å². The molecular formula is C4H7I2NOS. The second-order valence-corrected chi connectivity index (χ2v) is 4.74. The van der Waals surface area contributed by atoms with Gasteiger partial charge in [0.15, 0.2) is 0 Å². The van der Waals surface area contributed by atoms with Crippen LogP contribution in [0.15, 0.2) is 0 Å². The van der Waals surface area contributed by atoms with Crippen LogP contribution >= 0.6 is 56.9 Å². The van der Waals surface area contributed by atoms with E-state index in [2.05, 4.69) is 50.5 Å². The Kier molecular flexibility index (Phi) is 8.44. The van der Waals surface area contributed by atoms with Gasteiger partial charge in [-0.3, -0.25) is 4.79 Å². The van der Waals surface area contributed by atoms with E-state index in [0.29, 0.717) is 10.3 Å². The van der Waals surface area contributed by atoms with E-state index < -0.39 is 0 Å². The molecule has 5 heteroatoms. The van der Waals surface area contributed by atoms with Crippen LogP contribution in [0.5, 0.6) is 0 Å². The van der Waals surface area contributed by atoms with Gasteiger partial charge in [-0.1, -0.05) is 45.2 Å². The van der Waals surface area contributed by atoms with Gasteiger partial charge < -0.3 is 5.32 Å². The third kappa shape index (κ3) is 7.17. The van der Waals surface area contributed by atoms with Crippen molar-refractivity contribution in [2.24, 2.45) is 0 Å². The molecule has 9 heavy (non-hydrogen) atoms. The summed E-state index contributed by atoms with van der Waals surface area (Å²) in [6.45, 7) is 0. The smallest absolute Gasteiger partial charge is 0.230 e. The highest BCUT2D eigenvalue weighted by atomic mass is 127. The second kappa shape index (κ2) is 7.39. The van der Waals surface area contributed by atoms with E-state index in [1.54, 1.807) is 11.8 Å². The van der Waals surface area contributed by atoms with Crippen molar-refractivity contribution in [2.75, 3.05) is 14.1 Å². The predicted octanol–water partition coefficient (Wildman–Crippen LogP) is 1.62. The van der Waals surface area contributed by atoms with Crippen LogP contribution in [-0.2, 0) is 4.79 Å². The average molecular weight is 371 g/mol. The van der Waals surface area contributed by atoms with E-state index in [0.717, 1.165) is 3.76 Å². The molecule has 0 spiro atoms. The third-order valence-electron chi connectivity index (χ3n) is 0.574. The molecule has 0 bridgehead atoms. The minimum atomic E-state index is 0.131. The molecule has 0 aliphatic carbocycles. The molecule has 0 rings (SSSR count). The number of rotatable bonds is 4. The largest absolute Gasteiger partial charge is 0.346 e. The summed E-state index contributed by atoms with van der Waals surface area (Å²) < 4.78 is 1.69. The quantitative estimate of drug-likeness (QED) is 0.463. The van der Waals surface area contributed by atoms with E-state index in [9.17, 15) is 4.79 Å². The molecule has 0 saturated carbocycles. The van der Waals surface area contributed by atoms with Crippen molar-refractivity contribution in [3.8, 4) is 0 Å². The van der Waals surface area contributed by atoms with Crippen molar-refractivity contribution in [2.45, 2.75) is 0 Å². The minimum Gasteiger partial charge on any atom is -0.346 e. The maximum atomic E-state index is 10.7. The number of hydrogen-bond acceptors (Lipinski definition) is 2. The highest BCUT2D eigenvalue weighted by molar-refractivity contribution is 14.1. The second-order valence-electron chi connectivity index (χ2n) is 1.19. The Morgan fingerprint density at radius 1 is 1.56 bits per heavy atom. The molecule has 1 amide bonds. The Labute approximate surface area is 86.2 Å². The van der Waals surface area contributed by atoms with Crippen molar-refractivity contribution in [1.82, 2.24) is 5.32 Å². The topological polar surface area (TPSA) is 29.1 Å². The van der Waals surface area contributed by atoms with E-state index >= 15 is 0 Å². The van der Waals surface area contributed by atoms with Crippen LogP contribution in [0.3, 0.4) is 0 Å². The van der Waals surface area contributed by atoms with Gasteiger partial charge in [0, 0.05) is 3.76 Å². The first-order valence-corrected chi connectivity index (χ1v) is 6.48. The van der Waals surface area contributed by atoms with Gasteiger partial charge in [0.1, 0.15) is 0 Å². The summed E-state index contributed by atoms with van der Waals surface area (Å²) in [4.78, 5) is 10.7. The Morgan fingerprint density at radius 3 is 2.67 bits per heavy atom. The first kappa shape index (κ1) is 10.3. The van der Waals surface area contributed by atoms with E-state index in [4.69, 9.17) is 0 Å². The van der Waals surface area contributed by atoms with Crippen LogP contribution in [0.2, 0.25) is 0 Å². The summed E-state index contributed by atoms with van der Waals surface area (Å²) in [5.41, 5.74) is 0. The standard InChI is InChI=1S/C4H7I2NOS/c5-2-7-4(8)1-9-3-6/h1-3H2,(H,7,8). The zero-order valence-electron chi connectivity index (χ0n) is 4.69. The highest BCUT2D eigenvalue weighted by Crippen LogP contribution is 2.03. The van der Waals surface area contributed by atoms with Crippen LogP contribution in [0.4, 0.5) is 0 Å². The zero-order valence-corrected chi connectivity index (χ0v) is 9.83. The summed E-state index contributed by atoms with van der Waals surface area (Å²) in [6, 6.07) is 0. The van der Waals surface area contributed by atoms with Crippen LogP contribution < -0.4 is 5.32 Å². The maximum Gasteiger partial charge on any atom is 0.230 e. The van der Waals surface area contributed by atoms with Crippen molar-refractivity contribution in [3.05, 3.63) is 0 Å². The van der Waals surface area contributed by atoms with Crippen molar-refractivity contribution < 1.29 is 4.79 Å². The molecule has 0 aromatic heterocycles. The summed E-state index contributed by atoms with van der Waals surface area (Å²) >= 11 is 5.97. The molecule has 54 valence electrons. The van der Waals surface area contributed by atoms with E-state index in [1.165, 1.54) is 0 Å². The molecule has 2 nitrogen and oxygen atoms in total. The Morgan fingerprint density at radius 2 is 2.22 bits per heavy atom. The van der Waals surface area contributed by atoms with Crippen molar-refractivity contribution >= 4 is 62.9 Å². The molecule has 0 aromatic rings. The molecule has 1 N–H and O–H groups in total. The number of alkyl halides is 2. The van der Waals surface area contributed by atoms with Crippen LogP contribution in [0.25, 0.3) is 0 Å². The Balaban J connectivity index is 3.06. The lowest BCUT2D eigenvalue weighted by atomic mass is 10.7. The molecule has 0 radical (unpaired) electrons. The molecule has 0 saturated heterocycles. The van der Waals surface area contributed by atoms with Gasteiger partial charge >= 0.3 is 0 Å². The average Bonchev–Trinajstić information content (AvgIpc) is 1.85. The number of thioether (sulfide) groups is 1. The molecular weight excluding hydrogens is 364 g/mol. The lowest BCUT2D eigenvalue weighted by Gasteiger charge is -1.96. The van der Waals surface area contributed by atoms with E-state index in [1.807, 2.05) is 0 Å². The van der Waals surface area contributed by atoms with Crippen molar-refractivity contribution in [3.63, 3.8) is 0 Å². The normalized spacial score (nSPS) is 9.11. The van der Waals surface area contributed by atoms with Crippen LogP contribution in [0.1, 0.15) is 0 Å². The number of amides is 1. The van der Waals surface area contributed by atoms with E-state index in [-0.39, 0.29) is 5.91 Å². The maximum absolute atomic E-state index is 10.7. The first-order valence-electron chi connectivity index (χ1n) is 2.27. The fourth-order valence-electron chi connectivity index (χ4n) is 0.257.